The Hall–Kier alpha value is -2.50. The third-order valence-electron chi connectivity index (χ3n) is 2.69. The highest BCUT2D eigenvalue weighted by atomic mass is 16.5. The van der Waals surface area contributed by atoms with Crippen molar-refractivity contribution in [3.05, 3.63) is 23.9 Å². The van der Waals surface area contributed by atoms with Crippen LogP contribution < -0.4 is 9.64 Å². The number of rotatable bonds is 3. The van der Waals surface area contributed by atoms with Crippen molar-refractivity contribution >= 4 is 28.5 Å². The maximum Gasteiger partial charge on any atom is 0.352 e. The van der Waals surface area contributed by atoms with Crippen LogP contribution in [0.15, 0.2) is 18.2 Å². The first-order valence-corrected chi connectivity index (χ1v) is 5.64. The van der Waals surface area contributed by atoms with Crippen molar-refractivity contribution in [2.75, 3.05) is 19.0 Å². The number of H-pyrrole nitrogens is 1. The number of carboxylic acids is 1. The lowest BCUT2D eigenvalue weighted by Gasteiger charge is -2.14. The molecule has 0 fully saturated rings. The molecule has 0 saturated carbocycles. The summed E-state index contributed by atoms with van der Waals surface area (Å²) in [5.41, 5.74) is 1.47. The molecular weight excluding hydrogens is 248 g/mol. The zero-order valence-corrected chi connectivity index (χ0v) is 10.9. The molecule has 0 aliphatic carbocycles. The Morgan fingerprint density at radius 2 is 1.95 bits per heavy atom. The fourth-order valence-corrected chi connectivity index (χ4v) is 1.80. The van der Waals surface area contributed by atoms with Gasteiger partial charge in [-0.25, -0.2) is 4.79 Å². The Morgan fingerprint density at radius 1 is 1.26 bits per heavy atom. The lowest BCUT2D eigenvalue weighted by Crippen LogP contribution is -2.09. The summed E-state index contributed by atoms with van der Waals surface area (Å²) >= 11 is 0. The van der Waals surface area contributed by atoms with E-state index in [0.717, 1.165) is 5.69 Å². The molecular formula is C13H14N2O4. The molecule has 0 saturated heterocycles. The number of aromatic carboxylic acids is 1. The minimum atomic E-state index is -1.06. The quantitative estimate of drug-likeness (QED) is 0.651. The predicted molar refractivity (Wildman–Crippen MR) is 70.9 cm³/mol. The van der Waals surface area contributed by atoms with Crippen molar-refractivity contribution in [1.82, 2.24) is 4.98 Å². The standard InChI is InChI=1S/C13H14N2O4/c1-7(16)19-12-5-8(15(2)3)4-10-9(12)6-11(14-10)13(17)18/h4-6,14H,1-3H3,(H,17,18). The molecule has 6 heteroatoms. The van der Waals surface area contributed by atoms with E-state index in [4.69, 9.17) is 9.84 Å². The number of hydrogen-bond donors (Lipinski definition) is 2. The first-order chi connectivity index (χ1) is 8.88. The second kappa shape index (κ2) is 4.64. The van der Waals surface area contributed by atoms with Gasteiger partial charge in [-0.2, -0.15) is 0 Å². The van der Waals surface area contributed by atoms with Crippen LogP contribution in [-0.2, 0) is 4.79 Å². The Bertz CT molecular complexity index is 658. The number of nitrogens with one attached hydrogen (secondary N) is 1. The summed E-state index contributed by atoms with van der Waals surface area (Å²) in [6, 6.07) is 4.95. The van der Waals surface area contributed by atoms with Crippen LogP contribution in [0.1, 0.15) is 17.4 Å². The number of ether oxygens (including phenoxy) is 1. The lowest BCUT2D eigenvalue weighted by molar-refractivity contribution is -0.131. The van der Waals surface area contributed by atoms with Gasteiger partial charge in [-0.1, -0.05) is 0 Å². The van der Waals surface area contributed by atoms with Crippen molar-refractivity contribution in [3.8, 4) is 5.75 Å². The minimum absolute atomic E-state index is 0.0549. The van der Waals surface area contributed by atoms with Gasteiger partial charge in [-0.15, -0.1) is 0 Å². The summed E-state index contributed by atoms with van der Waals surface area (Å²) in [6.07, 6.45) is 0. The van der Waals surface area contributed by atoms with E-state index in [1.165, 1.54) is 13.0 Å². The number of esters is 1. The molecule has 2 rings (SSSR count). The van der Waals surface area contributed by atoms with E-state index in [2.05, 4.69) is 4.98 Å². The van der Waals surface area contributed by atoms with Crippen LogP contribution in [0.4, 0.5) is 5.69 Å². The third kappa shape index (κ3) is 2.52. The number of hydrogen-bond acceptors (Lipinski definition) is 4. The van der Waals surface area contributed by atoms with Gasteiger partial charge in [0, 0.05) is 38.2 Å². The van der Waals surface area contributed by atoms with Gasteiger partial charge in [0.15, 0.2) is 0 Å². The largest absolute Gasteiger partial charge is 0.477 e. The lowest BCUT2D eigenvalue weighted by atomic mass is 10.2. The molecule has 0 bridgehead atoms. The smallest absolute Gasteiger partial charge is 0.352 e. The first-order valence-electron chi connectivity index (χ1n) is 5.64. The highest BCUT2D eigenvalue weighted by Crippen LogP contribution is 2.32. The molecule has 19 heavy (non-hydrogen) atoms. The number of fused-ring (bicyclic) bond motifs is 1. The number of carbonyl (C=O) groups is 2. The van der Waals surface area contributed by atoms with Gasteiger partial charge >= 0.3 is 11.9 Å². The average Bonchev–Trinajstić information content (AvgIpc) is 2.72. The Balaban J connectivity index is 2.67. The fraction of sp³-hybridized carbons (Fsp3) is 0.231. The summed E-state index contributed by atoms with van der Waals surface area (Å²) in [5, 5.41) is 9.56. The van der Waals surface area contributed by atoms with Crippen LogP contribution in [0.3, 0.4) is 0 Å². The second-order valence-corrected chi connectivity index (χ2v) is 4.38. The number of aromatic amines is 1. The molecule has 1 heterocycles. The van der Waals surface area contributed by atoms with Gasteiger partial charge in [-0.05, 0) is 12.1 Å². The van der Waals surface area contributed by atoms with E-state index in [1.54, 1.807) is 12.1 Å². The molecule has 0 amide bonds. The molecule has 2 aromatic rings. The summed E-state index contributed by atoms with van der Waals surface area (Å²) in [6.45, 7) is 1.30. The van der Waals surface area contributed by atoms with Crippen molar-refractivity contribution in [2.45, 2.75) is 6.92 Å². The van der Waals surface area contributed by atoms with Crippen molar-refractivity contribution < 1.29 is 19.4 Å². The van der Waals surface area contributed by atoms with Crippen LogP contribution in [-0.4, -0.2) is 36.1 Å². The highest BCUT2D eigenvalue weighted by Gasteiger charge is 2.14. The highest BCUT2D eigenvalue weighted by molar-refractivity contribution is 5.98. The van der Waals surface area contributed by atoms with Crippen molar-refractivity contribution in [2.24, 2.45) is 0 Å². The molecule has 0 unspecified atom stereocenters. The fourth-order valence-electron chi connectivity index (χ4n) is 1.80. The molecule has 100 valence electrons. The Morgan fingerprint density at radius 3 is 2.47 bits per heavy atom. The third-order valence-corrected chi connectivity index (χ3v) is 2.69. The van der Waals surface area contributed by atoms with Crippen LogP contribution in [0.5, 0.6) is 5.75 Å². The minimum Gasteiger partial charge on any atom is -0.477 e. The first kappa shape index (κ1) is 12.9. The summed E-state index contributed by atoms with van der Waals surface area (Å²) < 4.78 is 5.13. The molecule has 1 aromatic heterocycles. The summed E-state index contributed by atoms with van der Waals surface area (Å²) in [7, 11) is 3.69. The van der Waals surface area contributed by atoms with Crippen molar-refractivity contribution in [3.63, 3.8) is 0 Å². The maximum absolute atomic E-state index is 11.1. The van der Waals surface area contributed by atoms with E-state index in [1.807, 2.05) is 19.0 Å². The molecule has 0 radical (unpaired) electrons. The van der Waals surface area contributed by atoms with E-state index in [9.17, 15) is 9.59 Å². The number of benzene rings is 1. The Kier molecular flexibility index (Phi) is 3.16. The van der Waals surface area contributed by atoms with Gasteiger partial charge < -0.3 is 19.7 Å². The van der Waals surface area contributed by atoms with Crippen LogP contribution in [0.25, 0.3) is 10.9 Å². The van der Waals surface area contributed by atoms with Crippen molar-refractivity contribution in [1.29, 1.82) is 0 Å². The Labute approximate surface area is 109 Å². The summed E-state index contributed by atoms with van der Waals surface area (Å²) in [4.78, 5) is 26.7. The SMILES string of the molecule is CC(=O)Oc1cc(N(C)C)cc2[nH]c(C(=O)O)cc12. The summed E-state index contributed by atoms with van der Waals surface area (Å²) in [5.74, 6) is -1.16. The van der Waals surface area contributed by atoms with Crippen LogP contribution in [0, 0.1) is 0 Å². The van der Waals surface area contributed by atoms with E-state index in [-0.39, 0.29) is 5.69 Å². The molecule has 0 spiro atoms. The van der Waals surface area contributed by atoms with Gasteiger partial charge in [0.05, 0.1) is 5.52 Å². The zero-order valence-electron chi connectivity index (χ0n) is 10.9. The normalized spacial score (nSPS) is 10.5. The number of anilines is 1. The van der Waals surface area contributed by atoms with Gasteiger partial charge in [-0.3, -0.25) is 4.79 Å². The van der Waals surface area contributed by atoms with Crippen LogP contribution in [0.2, 0.25) is 0 Å². The monoisotopic (exact) mass is 262 g/mol. The van der Waals surface area contributed by atoms with Gasteiger partial charge in [0.2, 0.25) is 0 Å². The van der Waals surface area contributed by atoms with E-state index < -0.39 is 11.9 Å². The topological polar surface area (TPSA) is 82.6 Å². The number of carbonyl (C=O) groups excluding carboxylic acids is 1. The molecule has 6 nitrogen and oxygen atoms in total. The molecule has 2 N–H and O–H groups in total. The number of aromatic nitrogens is 1. The molecule has 0 aliphatic heterocycles. The molecule has 0 atom stereocenters. The van der Waals surface area contributed by atoms with Crippen LogP contribution >= 0.6 is 0 Å². The second-order valence-electron chi connectivity index (χ2n) is 4.38. The molecule has 0 aliphatic rings. The number of carboxylic acid groups (broad SMARTS) is 1. The van der Waals surface area contributed by atoms with E-state index >= 15 is 0 Å². The average molecular weight is 262 g/mol. The van der Waals surface area contributed by atoms with Gasteiger partial charge in [0.1, 0.15) is 11.4 Å². The maximum atomic E-state index is 11.1. The molecule has 1 aromatic carbocycles. The number of nitrogens with zero attached hydrogens (tertiary/aromatic N) is 1. The van der Waals surface area contributed by atoms with E-state index in [0.29, 0.717) is 16.7 Å². The zero-order chi connectivity index (χ0) is 14.2. The predicted octanol–water partition coefficient (Wildman–Crippen LogP) is 1.86. The van der Waals surface area contributed by atoms with Gasteiger partial charge in [0.25, 0.3) is 0 Å².